The number of carbonyl (C=O) groups is 2. The molecule has 10 heteroatoms. The Labute approximate surface area is 526 Å². The minimum absolute atomic E-state index is 0.0317. The molecule has 0 radical (unpaired) electrons. The molecule has 0 spiro atoms. The van der Waals surface area contributed by atoms with Crippen LogP contribution in [0, 0.1) is 0 Å². The van der Waals surface area contributed by atoms with Gasteiger partial charge in [-0.3, -0.25) is 18.6 Å². The van der Waals surface area contributed by atoms with E-state index in [0.29, 0.717) is 23.9 Å². The van der Waals surface area contributed by atoms with Crippen LogP contribution in [0.2, 0.25) is 0 Å². The third-order valence-corrected chi connectivity index (χ3v) is 16.7. The van der Waals surface area contributed by atoms with E-state index in [0.717, 1.165) is 77.0 Å². The summed E-state index contributed by atoms with van der Waals surface area (Å²) in [4.78, 5) is 35.9. The van der Waals surface area contributed by atoms with E-state index in [9.17, 15) is 19.0 Å². The van der Waals surface area contributed by atoms with Gasteiger partial charge in [0.1, 0.15) is 19.8 Å². The van der Waals surface area contributed by atoms with E-state index >= 15 is 0 Å². The average Bonchev–Trinajstić information content (AvgIpc) is 3.50. The quantitative estimate of drug-likeness (QED) is 0.0211. The summed E-state index contributed by atoms with van der Waals surface area (Å²) in [5.41, 5.74) is 0. The Kier molecular flexibility index (Phi) is 63.5. The number of rotatable bonds is 66. The lowest BCUT2D eigenvalue weighted by atomic mass is 10.0. The maximum atomic E-state index is 12.9. The second-order valence-corrected chi connectivity index (χ2v) is 26.7. The highest BCUT2D eigenvalue weighted by atomic mass is 31.2. The zero-order valence-electron chi connectivity index (χ0n) is 56.3. The molecule has 0 fully saturated rings. The summed E-state index contributed by atoms with van der Waals surface area (Å²) in [5.74, 6) is -0.783. The maximum absolute atomic E-state index is 12.9. The van der Waals surface area contributed by atoms with Crippen LogP contribution in [0.25, 0.3) is 0 Å². The number of unbranched alkanes of at least 4 members (excludes halogenated alkanes) is 38. The van der Waals surface area contributed by atoms with Crippen molar-refractivity contribution in [3.8, 4) is 0 Å². The van der Waals surface area contributed by atoms with Gasteiger partial charge in [-0.05, 0) is 70.6 Å². The molecule has 0 aliphatic heterocycles. The van der Waals surface area contributed by atoms with Gasteiger partial charge in [0, 0.05) is 12.8 Å². The first-order valence-electron chi connectivity index (χ1n) is 35.8. The van der Waals surface area contributed by atoms with Crippen molar-refractivity contribution in [3.63, 3.8) is 0 Å². The molecule has 0 aromatic rings. The van der Waals surface area contributed by atoms with E-state index < -0.39 is 26.5 Å². The Hall–Kier alpha value is -2.81. The zero-order valence-corrected chi connectivity index (χ0v) is 57.2. The first-order valence-corrected chi connectivity index (χ1v) is 37.3. The summed E-state index contributed by atoms with van der Waals surface area (Å²) in [5, 5.41) is 0. The van der Waals surface area contributed by atoms with Crippen LogP contribution in [-0.2, 0) is 32.7 Å². The number of hydrogen-bond donors (Lipinski definition) is 1. The number of hydrogen-bond acceptors (Lipinski definition) is 7. The number of esters is 2. The summed E-state index contributed by atoms with van der Waals surface area (Å²) in [6.45, 7) is 4.37. The molecule has 0 aliphatic rings. The molecule has 9 nitrogen and oxygen atoms in total. The Balaban J connectivity index is 4.01. The molecular weight excluding hydrogens is 1070 g/mol. The third kappa shape index (κ3) is 70.2. The number of quaternary nitrogens is 1. The number of phosphoric acid groups is 1. The molecule has 2 unspecified atom stereocenters. The fourth-order valence-corrected chi connectivity index (χ4v) is 11.0. The van der Waals surface area contributed by atoms with Gasteiger partial charge in [-0.15, -0.1) is 0 Å². The van der Waals surface area contributed by atoms with Gasteiger partial charge in [-0.25, -0.2) is 4.57 Å². The Morgan fingerprint density at radius 2 is 0.671 bits per heavy atom. The van der Waals surface area contributed by atoms with Gasteiger partial charge in [0.25, 0.3) is 0 Å². The molecule has 0 saturated carbocycles. The van der Waals surface area contributed by atoms with Crippen LogP contribution in [0.3, 0.4) is 0 Å². The number of carbonyl (C=O) groups excluding carboxylic acids is 2. The zero-order chi connectivity index (χ0) is 61.9. The normalized spacial score (nSPS) is 13.6. The van der Waals surface area contributed by atoms with Crippen molar-refractivity contribution in [3.05, 3.63) is 85.1 Å². The van der Waals surface area contributed by atoms with Gasteiger partial charge < -0.3 is 18.9 Å². The standard InChI is InChI=1S/C75H136NO8P/c1-6-8-10-12-14-16-18-20-22-24-26-28-30-32-33-34-35-36-37-38-39-40-41-42-43-44-46-48-50-52-54-56-58-60-62-64-66-68-75(78)84-73(72-83-85(79,80)82-70-69-76(3,4)5)71-81-74(77)67-65-63-61-59-57-55-53-51-49-47-45-31-29-27-25-23-21-19-17-15-13-11-9-7-2/h8,10,14,16,20,22,26,28,32-33,35-36,38-39,73H,6-7,9,11-13,15,17-19,21,23-25,27,29-31,34,37,40-72H2,1-5H3/p+1/b10-8-,16-14-,22-20-,28-26-,33-32-,36-35-,39-38-. The van der Waals surface area contributed by atoms with Crippen molar-refractivity contribution < 1.29 is 42.1 Å². The first-order chi connectivity index (χ1) is 41.5. The number of likely N-dealkylation sites (N-methyl/N-ethyl adjacent to an activating group) is 1. The summed E-state index contributed by atoms with van der Waals surface area (Å²) >= 11 is 0. The topological polar surface area (TPSA) is 108 Å². The van der Waals surface area contributed by atoms with E-state index in [-0.39, 0.29) is 25.6 Å². The molecule has 0 aliphatic carbocycles. The molecule has 0 amide bonds. The Bertz CT molecular complexity index is 1710. The summed E-state index contributed by atoms with van der Waals surface area (Å²) in [7, 11) is 1.49. The molecule has 0 bridgehead atoms. The highest BCUT2D eigenvalue weighted by Gasteiger charge is 2.27. The molecule has 85 heavy (non-hydrogen) atoms. The maximum Gasteiger partial charge on any atom is 0.472 e. The molecule has 0 heterocycles. The Morgan fingerprint density at radius 1 is 0.376 bits per heavy atom. The summed E-state index contributed by atoms with van der Waals surface area (Å²) in [6, 6.07) is 0. The monoisotopic (exact) mass is 1210 g/mol. The number of phosphoric ester groups is 1. The van der Waals surface area contributed by atoms with Crippen molar-refractivity contribution in [1.29, 1.82) is 0 Å². The van der Waals surface area contributed by atoms with Gasteiger partial charge >= 0.3 is 19.8 Å². The van der Waals surface area contributed by atoms with Crippen molar-refractivity contribution in [2.45, 2.75) is 335 Å². The second kappa shape index (κ2) is 65.6. The van der Waals surface area contributed by atoms with Crippen LogP contribution >= 0.6 is 7.82 Å². The van der Waals surface area contributed by atoms with Crippen LogP contribution in [0.1, 0.15) is 328 Å². The highest BCUT2D eigenvalue weighted by Crippen LogP contribution is 2.43. The molecule has 0 aromatic carbocycles. The number of nitrogens with zero attached hydrogens (tertiary/aromatic N) is 1. The van der Waals surface area contributed by atoms with Crippen LogP contribution in [0.4, 0.5) is 0 Å². The number of allylic oxidation sites excluding steroid dienone is 14. The first kappa shape index (κ1) is 82.2. The van der Waals surface area contributed by atoms with Crippen LogP contribution < -0.4 is 0 Å². The summed E-state index contributed by atoms with van der Waals surface area (Å²) in [6.07, 6.45) is 89.8. The van der Waals surface area contributed by atoms with E-state index in [1.54, 1.807) is 0 Å². The fourth-order valence-electron chi connectivity index (χ4n) is 10.2. The minimum Gasteiger partial charge on any atom is -0.462 e. The predicted octanol–water partition coefficient (Wildman–Crippen LogP) is 23.3. The molecule has 1 N–H and O–H groups in total. The second-order valence-electron chi connectivity index (χ2n) is 25.3. The van der Waals surface area contributed by atoms with Gasteiger partial charge in [0.2, 0.25) is 0 Å². The van der Waals surface area contributed by atoms with Crippen molar-refractivity contribution >= 4 is 19.8 Å². The minimum atomic E-state index is -4.39. The predicted molar refractivity (Wildman–Crippen MR) is 367 cm³/mol. The Morgan fingerprint density at radius 3 is 1.00 bits per heavy atom. The van der Waals surface area contributed by atoms with Gasteiger partial charge in [0.15, 0.2) is 6.10 Å². The molecular formula is C75H137NO8P+. The van der Waals surface area contributed by atoms with Gasteiger partial charge in [-0.1, -0.05) is 330 Å². The van der Waals surface area contributed by atoms with E-state index in [1.807, 2.05) is 21.1 Å². The molecule has 494 valence electrons. The van der Waals surface area contributed by atoms with E-state index in [1.165, 1.54) is 218 Å². The van der Waals surface area contributed by atoms with E-state index in [2.05, 4.69) is 98.9 Å². The molecule has 0 aromatic heterocycles. The highest BCUT2D eigenvalue weighted by molar-refractivity contribution is 7.47. The third-order valence-electron chi connectivity index (χ3n) is 15.7. The molecule has 0 rings (SSSR count). The van der Waals surface area contributed by atoms with Crippen molar-refractivity contribution in [1.82, 2.24) is 0 Å². The molecule has 2 atom stereocenters. The van der Waals surface area contributed by atoms with E-state index in [4.69, 9.17) is 18.5 Å². The lowest BCUT2D eigenvalue weighted by molar-refractivity contribution is -0.870. The lowest BCUT2D eigenvalue weighted by Gasteiger charge is -2.24. The van der Waals surface area contributed by atoms with Gasteiger partial charge in [0.05, 0.1) is 27.7 Å². The van der Waals surface area contributed by atoms with Gasteiger partial charge in [-0.2, -0.15) is 0 Å². The van der Waals surface area contributed by atoms with Crippen LogP contribution in [-0.4, -0.2) is 74.9 Å². The van der Waals surface area contributed by atoms with Crippen molar-refractivity contribution in [2.24, 2.45) is 0 Å². The van der Waals surface area contributed by atoms with Crippen LogP contribution in [0.5, 0.6) is 0 Å². The smallest absolute Gasteiger partial charge is 0.462 e. The molecule has 0 saturated heterocycles. The SMILES string of the molecule is CC/C=C\C/C=C\C/C=C\C/C=C\C/C=C\C/C=C\C/C=C\CCCCCCCCCCCCCCCCCC(=O)OC(COC(=O)CCCCCCCCCCCCCCCCCCCCCCCCCC)COP(=O)(O)OCC[N+](C)(C)C. The van der Waals surface area contributed by atoms with Crippen LogP contribution in [0.15, 0.2) is 85.1 Å². The average molecular weight is 1210 g/mol. The number of ether oxygens (including phenoxy) is 2. The van der Waals surface area contributed by atoms with Crippen molar-refractivity contribution in [2.75, 3.05) is 47.5 Å². The summed E-state index contributed by atoms with van der Waals surface area (Å²) < 4.78 is 34.7. The lowest BCUT2D eigenvalue weighted by Crippen LogP contribution is -2.37. The fraction of sp³-hybridized carbons (Fsp3) is 0.787. The largest absolute Gasteiger partial charge is 0.472 e.